The average Bonchev–Trinajstić information content (AvgIpc) is 2.97. The van der Waals surface area contributed by atoms with Crippen LogP contribution in [-0.2, 0) is 0 Å². The van der Waals surface area contributed by atoms with E-state index >= 15 is 0 Å². The highest BCUT2D eigenvalue weighted by Crippen LogP contribution is 2.32. The lowest BCUT2D eigenvalue weighted by Gasteiger charge is -2.13. The Labute approximate surface area is 129 Å². The molecule has 0 saturated carbocycles. The predicted octanol–water partition coefficient (Wildman–Crippen LogP) is 4.73. The molecule has 0 amide bonds. The van der Waals surface area contributed by atoms with Crippen LogP contribution in [0.4, 0.5) is 0 Å². The van der Waals surface area contributed by atoms with Gasteiger partial charge in [-0.15, -0.1) is 0 Å². The molecule has 1 atom stereocenters. The first-order valence-electron chi connectivity index (χ1n) is 6.82. The fourth-order valence-electron chi connectivity index (χ4n) is 2.41. The number of aromatic nitrogens is 1. The standard InChI is InChI=1S/C18H16ClNO/c1-12-2-4-14(5-3-12)18(21)17-11-20-10-16(17)13-6-8-15(19)9-7-13/h2-11,18,20-21H,1H3/t18-/m0/s1. The van der Waals surface area contributed by atoms with E-state index in [-0.39, 0.29) is 0 Å². The normalized spacial score (nSPS) is 12.3. The average molecular weight is 298 g/mol. The Kier molecular flexibility index (Phi) is 3.82. The fraction of sp³-hybridized carbons (Fsp3) is 0.111. The van der Waals surface area contributed by atoms with Crippen LogP contribution in [0.3, 0.4) is 0 Å². The van der Waals surface area contributed by atoms with Crippen molar-refractivity contribution in [1.82, 2.24) is 4.98 Å². The first kappa shape index (κ1) is 13.9. The first-order chi connectivity index (χ1) is 10.1. The maximum atomic E-state index is 10.6. The van der Waals surface area contributed by atoms with Crippen molar-refractivity contribution in [2.75, 3.05) is 0 Å². The zero-order valence-corrected chi connectivity index (χ0v) is 12.4. The topological polar surface area (TPSA) is 36.0 Å². The van der Waals surface area contributed by atoms with Gasteiger partial charge < -0.3 is 10.1 Å². The maximum Gasteiger partial charge on any atom is 0.106 e. The summed E-state index contributed by atoms with van der Waals surface area (Å²) in [5, 5.41) is 11.3. The molecule has 3 rings (SSSR count). The molecule has 2 nitrogen and oxygen atoms in total. The maximum absolute atomic E-state index is 10.6. The number of aryl methyl sites for hydroxylation is 1. The van der Waals surface area contributed by atoms with Crippen LogP contribution in [0.5, 0.6) is 0 Å². The zero-order valence-electron chi connectivity index (χ0n) is 11.7. The van der Waals surface area contributed by atoms with Crippen molar-refractivity contribution in [2.45, 2.75) is 13.0 Å². The largest absolute Gasteiger partial charge is 0.384 e. The molecule has 0 unspecified atom stereocenters. The SMILES string of the molecule is Cc1ccc([C@H](O)c2c[nH]cc2-c2ccc(Cl)cc2)cc1. The van der Waals surface area contributed by atoms with E-state index < -0.39 is 6.10 Å². The van der Waals surface area contributed by atoms with Crippen molar-refractivity contribution in [3.05, 3.63) is 82.6 Å². The lowest BCUT2D eigenvalue weighted by molar-refractivity contribution is 0.221. The Morgan fingerprint density at radius 2 is 1.62 bits per heavy atom. The molecule has 2 aromatic carbocycles. The monoisotopic (exact) mass is 297 g/mol. The smallest absolute Gasteiger partial charge is 0.106 e. The van der Waals surface area contributed by atoms with Crippen molar-refractivity contribution in [1.29, 1.82) is 0 Å². The van der Waals surface area contributed by atoms with Gasteiger partial charge in [-0.05, 0) is 30.2 Å². The van der Waals surface area contributed by atoms with E-state index in [1.54, 1.807) is 0 Å². The first-order valence-corrected chi connectivity index (χ1v) is 7.20. The van der Waals surface area contributed by atoms with E-state index in [9.17, 15) is 5.11 Å². The Morgan fingerprint density at radius 3 is 2.29 bits per heavy atom. The van der Waals surface area contributed by atoms with Crippen molar-refractivity contribution in [3.63, 3.8) is 0 Å². The van der Waals surface area contributed by atoms with Gasteiger partial charge in [0.2, 0.25) is 0 Å². The number of benzene rings is 2. The third kappa shape index (κ3) is 2.87. The highest BCUT2D eigenvalue weighted by atomic mass is 35.5. The molecule has 0 saturated heterocycles. The highest BCUT2D eigenvalue weighted by molar-refractivity contribution is 6.30. The molecule has 3 heteroatoms. The van der Waals surface area contributed by atoms with E-state index in [1.165, 1.54) is 5.56 Å². The second-order valence-electron chi connectivity index (χ2n) is 5.14. The number of aromatic amines is 1. The Morgan fingerprint density at radius 1 is 0.952 bits per heavy atom. The molecule has 21 heavy (non-hydrogen) atoms. The van der Waals surface area contributed by atoms with Gasteiger partial charge in [0.1, 0.15) is 6.10 Å². The highest BCUT2D eigenvalue weighted by Gasteiger charge is 2.16. The third-order valence-corrected chi connectivity index (χ3v) is 3.87. The van der Waals surface area contributed by atoms with Crippen LogP contribution in [0, 0.1) is 6.92 Å². The van der Waals surface area contributed by atoms with Crippen molar-refractivity contribution in [3.8, 4) is 11.1 Å². The summed E-state index contributed by atoms with van der Waals surface area (Å²) in [7, 11) is 0. The molecule has 0 aliphatic rings. The van der Waals surface area contributed by atoms with Crippen LogP contribution < -0.4 is 0 Å². The Bertz CT molecular complexity index is 729. The molecule has 1 aromatic heterocycles. The van der Waals surface area contributed by atoms with Crippen LogP contribution in [0.25, 0.3) is 11.1 Å². The molecular weight excluding hydrogens is 282 g/mol. The quantitative estimate of drug-likeness (QED) is 0.720. The number of hydrogen-bond acceptors (Lipinski definition) is 1. The minimum Gasteiger partial charge on any atom is -0.384 e. The Balaban J connectivity index is 1.98. The number of aliphatic hydroxyl groups is 1. The summed E-state index contributed by atoms with van der Waals surface area (Å²) >= 11 is 5.93. The number of aliphatic hydroxyl groups excluding tert-OH is 1. The van der Waals surface area contributed by atoms with Gasteiger partial charge in [0.25, 0.3) is 0 Å². The van der Waals surface area contributed by atoms with Gasteiger partial charge in [0.05, 0.1) is 0 Å². The van der Waals surface area contributed by atoms with Crippen LogP contribution in [0.1, 0.15) is 22.8 Å². The zero-order chi connectivity index (χ0) is 14.8. The van der Waals surface area contributed by atoms with Gasteiger partial charge in [-0.3, -0.25) is 0 Å². The summed E-state index contributed by atoms with van der Waals surface area (Å²) in [6.45, 7) is 2.03. The van der Waals surface area contributed by atoms with Gasteiger partial charge in [-0.25, -0.2) is 0 Å². The van der Waals surface area contributed by atoms with Crippen LogP contribution in [-0.4, -0.2) is 10.1 Å². The summed E-state index contributed by atoms with van der Waals surface area (Å²) in [4.78, 5) is 3.08. The molecule has 2 N–H and O–H groups in total. The summed E-state index contributed by atoms with van der Waals surface area (Å²) < 4.78 is 0. The summed E-state index contributed by atoms with van der Waals surface area (Å²) in [6, 6.07) is 15.5. The van der Waals surface area contributed by atoms with Gasteiger partial charge in [-0.1, -0.05) is 53.6 Å². The molecule has 1 heterocycles. The van der Waals surface area contributed by atoms with E-state index in [0.717, 1.165) is 22.3 Å². The van der Waals surface area contributed by atoms with E-state index in [2.05, 4.69) is 4.98 Å². The molecule has 0 radical (unpaired) electrons. The minimum atomic E-state index is -0.650. The second-order valence-corrected chi connectivity index (χ2v) is 5.58. The summed E-state index contributed by atoms with van der Waals surface area (Å²) in [5.74, 6) is 0. The number of halogens is 1. The number of rotatable bonds is 3. The lowest BCUT2D eigenvalue weighted by Crippen LogP contribution is -1.99. The van der Waals surface area contributed by atoms with Crippen molar-refractivity contribution >= 4 is 11.6 Å². The van der Waals surface area contributed by atoms with E-state index in [1.807, 2.05) is 67.8 Å². The van der Waals surface area contributed by atoms with Gasteiger partial charge in [-0.2, -0.15) is 0 Å². The lowest BCUT2D eigenvalue weighted by atomic mass is 9.96. The van der Waals surface area contributed by atoms with Gasteiger partial charge in [0.15, 0.2) is 0 Å². The fourth-order valence-corrected chi connectivity index (χ4v) is 2.54. The van der Waals surface area contributed by atoms with Crippen LogP contribution in [0.2, 0.25) is 5.02 Å². The molecular formula is C18H16ClNO. The van der Waals surface area contributed by atoms with Crippen LogP contribution >= 0.6 is 11.6 Å². The van der Waals surface area contributed by atoms with Gasteiger partial charge in [0, 0.05) is 28.5 Å². The van der Waals surface area contributed by atoms with Crippen molar-refractivity contribution < 1.29 is 5.11 Å². The molecule has 0 aliphatic carbocycles. The predicted molar refractivity (Wildman–Crippen MR) is 86.5 cm³/mol. The molecule has 0 bridgehead atoms. The molecule has 0 aliphatic heterocycles. The van der Waals surface area contributed by atoms with Crippen molar-refractivity contribution in [2.24, 2.45) is 0 Å². The molecule has 0 spiro atoms. The van der Waals surface area contributed by atoms with E-state index in [4.69, 9.17) is 11.6 Å². The molecule has 106 valence electrons. The van der Waals surface area contributed by atoms with Gasteiger partial charge >= 0.3 is 0 Å². The number of H-pyrrole nitrogens is 1. The number of nitrogens with one attached hydrogen (secondary N) is 1. The van der Waals surface area contributed by atoms with E-state index in [0.29, 0.717) is 5.02 Å². The summed E-state index contributed by atoms with van der Waals surface area (Å²) in [6.07, 6.45) is 3.09. The minimum absolute atomic E-state index is 0.650. The number of hydrogen-bond donors (Lipinski definition) is 2. The second kappa shape index (κ2) is 5.76. The summed E-state index contributed by atoms with van der Waals surface area (Å²) in [5.41, 5.74) is 4.94. The van der Waals surface area contributed by atoms with Crippen LogP contribution in [0.15, 0.2) is 60.9 Å². The Hall–Kier alpha value is -2.03. The molecule has 3 aromatic rings. The third-order valence-electron chi connectivity index (χ3n) is 3.62. The molecule has 0 fully saturated rings.